The Morgan fingerprint density at radius 1 is 1.05 bits per heavy atom. The Kier molecular flexibility index (Phi) is 3.04. The minimum absolute atomic E-state index is 0.647. The molecule has 1 aromatic carbocycles. The zero-order valence-electron chi connectivity index (χ0n) is 11.4. The fraction of sp³-hybridized carbons (Fsp3) is 0.133. The molecule has 0 atom stereocenters. The van der Waals surface area contributed by atoms with Crippen molar-refractivity contribution < 1.29 is 0 Å². The van der Waals surface area contributed by atoms with Crippen LogP contribution in [0.1, 0.15) is 11.3 Å². The molecule has 0 amide bonds. The second kappa shape index (κ2) is 4.86. The van der Waals surface area contributed by atoms with E-state index in [1.54, 1.807) is 6.20 Å². The highest BCUT2D eigenvalue weighted by atomic mass is 15.3. The van der Waals surface area contributed by atoms with Crippen molar-refractivity contribution in [2.24, 2.45) is 5.84 Å². The zero-order valence-corrected chi connectivity index (χ0v) is 11.4. The van der Waals surface area contributed by atoms with Gasteiger partial charge in [-0.2, -0.15) is 0 Å². The van der Waals surface area contributed by atoms with E-state index in [4.69, 9.17) is 5.84 Å². The van der Waals surface area contributed by atoms with Crippen LogP contribution in [0.15, 0.2) is 36.5 Å². The molecular weight excluding hydrogens is 250 g/mol. The van der Waals surface area contributed by atoms with E-state index in [9.17, 15) is 0 Å². The van der Waals surface area contributed by atoms with Gasteiger partial charge in [-0.05, 0) is 26.0 Å². The molecule has 0 aliphatic rings. The highest BCUT2D eigenvalue weighted by Crippen LogP contribution is 2.26. The lowest BCUT2D eigenvalue weighted by Crippen LogP contribution is -2.12. The minimum atomic E-state index is 0.647. The number of nitrogens with two attached hydrogens (primary N) is 1. The third-order valence-electron chi connectivity index (χ3n) is 3.42. The van der Waals surface area contributed by atoms with Gasteiger partial charge < -0.3 is 5.43 Å². The number of aromatic nitrogens is 3. The average Bonchev–Trinajstić information content (AvgIpc) is 2.49. The van der Waals surface area contributed by atoms with Gasteiger partial charge in [0.05, 0.1) is 5.52 Å². The first kappa shape index (κ1) is 12.5. The van der Waals surface area contributed by atoms with Crippen LogP contribution in [0.25, 0.3) is 22.3 Å². The van der Waals surface area contributed by atoms with E-state index < -0.39 is 0 Å². The summed E-state index contributed by atoms with van der Waals surface area (Å²) in [5, 5.41) is 1.03. The second-order valence-electron chi connectivity index (χ2n) is 4.63. The third-order valence-corrected chi connectivity index (χ3v) is 3.42. The standard InChI is InChI=1S/C15H15N5/c1-9-10(2)18-15(19-14(9)20-16)12-7-8-17-13-6-4-3-5-11(12)13/h3-8H,16H2,1-2H3,(H,18,19,20). The highest BCUT2D eigenvalue weighted by molar-refractivity contribution is 5.92. The van der Waals surface area contributed by atoms with Crippen LogP contribution in [0.3, 0.4) is 0 Å². The summed E-state index contributed by atoms with van der Waals surface area (Å²) in [6, 6.07) is 9.87. The number of hydrogen-bond acceptors (Lipinski definition) is 5. The van der Waals surface area contributed by atoms with E-state index in [0.29, 0.717) is 11.6 Å². The number of hydrogen-bond donors (Lipinski definition) is 2. The molecular formula is C15H15N5. The van der Waals surface area contributed by atoms with Crippen LogP contribution in [0.2, 0.25) is 0 Å². The Morgan fingerprint density at radius 3 is 2.65 bits per heavy atom. The Bertz CT molecular complexity index is 777. The molecule has 0 saturated heterocycles. The number of nitrogens with zero attached hydrogens (tertiary/aromatic N) is 3. The van der Waals surface area contributed by atoms with E-state index in [1.807, 2.05) is 44.2 Å². The second-order valence-corrected chi connectivity index (χ2v) is 4.63. The van der Waals surface area contributed by atoms with E-state index in [2.05, 4.69) is 20.4 Å². The molecule has 100 valence electrons. The number of hydrazine groups is 1. The summed E-state index contributed by atoms with van der Waals surface area (Å²) in [6.45, 7) is 3.89. The predicted molar refractivity (Wildman–Crippen MR) is 80.1 cm³/mol. The Labute approximate surface area is 116 Å². The minimum Gasteiger partial charge on any atom is -0.308 e. The molecule has 2 heterocycles. The smallest absolute Gasteiger partial charge is 0.162 e. The maximum Gasteiger partial charge on any atom is 0.162 e. The highest BCUT2D eigenvalue weighted by Gasteiger charge is 2.11. The molecule has 3 N–H and O–H groups in total. The number of pyridine rings is 1. The van der Waals surface area contributed by atoms with Gasteiger partial charge in [0.2, 0.25) is 0 Å². The third kappa shape index (κ3) is 1.98. The first-order valence-electron chi connectivity index (χ1n) is 6.36. The van der Waals surface area contributed by atoms with E-state index in [1.165, 1.54) is 0 Å². The molecule has 2 aromatic heterocycles. The van der Waals surface area contributed by atoms with E-state index in [-0.39, 0.29) is 0 Å². The van der Waals surface area contributed by atoms with Crippen molar-refractivity contribution in [3.05, 3.63) is 47.8 Å². The number of nitrogens with one attached hydrogen (secondary N) is 1. The first-order chi connectivity index (χ1) is 9.70. The molecule has 5 nitrogen and oxygen atoms in total. The van der Waals surface area contributed by atoms with Crippen LogP contribution in [-0.2, 0) is 0 Å². The van der Waals surface area contributed by atoms with E-state index in [0.717, 1.165) is 27.7 Å². The van der Waals surface area contributed by atoms with Gasteiger partial charge >= 0.3 is 0 Å². The van der Waals surface area contributed by atoms with Crippen LogP contribution in [0.5, 0.6) is 0 Å². The van der Waals surface area contributed by atoms with Gasteiger partial charge in [0.1, 0.15) is 5.82 Å². The van der Waals surface area contributed by atoms with Gasteiger partial charge in [-0.1, -0.05) is 18.2 Å². The molecule has 3 rings (SSSR count). The largest absolute Gasteiger partial charge is 0.308 e. The quantitative estimate of drug-likeness (QED) is 0.550. The van der Waals surface area contributed by atoms with Gasteiger partial charge in [-0.15, -0.1) is 0 Å². The van der Waals surface area contributed by atoms with Crippen molar-refractivity contribution in [1.29, 1.82) is 0 Å². The molecule has 0 unspecified atom stereocenters. The van der Waals surface area contributed by atoms with Gasteiger partial charge in [0.15, 0.2) is 5.82 Å². The lowest BCUT2D eigenvalue weighted by Gasteiger charge is -2.10. The molecule has 0 aliphatic carbocycles. The van der Waals surface area contributed by atoms with Crippen LogP contribution in [0, 0.1) is 13.8 Å². The maximum atomic E-state index is 5.53. The number of nitrogen functional groups attached to an aromatic ring is 1. The number of rotatable bonds is 2. The van der Waals surface area contributed by atoms with Crippen molar-refractivity contribution in [2.75, 3.05) is 5.43 Å². The number of benzene rings is 1. The molecule has 0 bridgehead atoms. The summed E-state index contributed by atoms with van der Waals surface area (Å²) in [5.41, 5.74) is 6.37. The van der Waals surface area contributed by atoms with Crippen molar-refractivity contribution >= 4 is 16.7 Å². The fourth-order valence-electron chi connectivity index (χ4n) is 2.18. The van der Waals surface area contributed by atoms with E-state index >= 15 is 0 Å². The summed E-state index contributed by atoms with van der Waals surface area (Å²) >= 11 is 0. The number of aryl methyl sites for hydroxylation is 1. The molecule has 0 spiro atoms. The maximum absolute atomic E-state index is 5.53. The van der Waals surface area contributed by atoms with Crippen molar-refractivity contribution in [2.45, 2.75) is 13.8 Å². The Morgan fingerprint density at radius 2 is 1.85 bits per heavy atom. The topological polar surface area (TPSA) is 76.7 Å². The normalized spacial score (nSPS) is 10.8. The predicted octanol–water partition coefficient (Wildman–Crippen LogP) is 2.59. The fourth-order valence-corrected chi connectivity index (χ4v) is 2.18. The first-order valence-corrected chi connectivity index (χ1v) is 6.36. The lowest BCUT2D eigenvalue weighted by molar-refractivity contribution is 1.06. The SMILES string of the molecule is Cc1nc(-c2ccnc3ccccc23)nc(NN)c1C. The molecule has 0 saturated carbocycles. The molecule has 20 heavy (non-hydrogen) atoms. The van der Waals surface area contributed by atoms with Gasteiger partial charge in [0, 0.05) is 28.4 Å². The number of fused-ring (bicyclic) bond motifs is 1. The molecule has 3 aromatic rings. The Hall–Kier alpha value is -2.53. The van der Waals surface area contributed by atoms with Gasteiger partial charge in [-0.3, -0.25) is 4.98 Å². The van der Waals surface area contributed by atoms with Crippen LogP contribution >= 0.6 is 0 Å². The van der Waals surface area contributed by atoms with Gasteiger partial charge in [0.25, 0.3) is 0 Å². The zero-order chi connectivity index (χ0) is 14.1. The monoisotopic (exact) mass is 265 g/mol. The number of para-hydroxylation sites is 1. The summed E-state index contributed by atoms with van der Waals surface area (Å²) < 4.78 is 0. The average molecular weight is 265 g/mol. The lowest BCUT2D eigenvalue weighted by atomic mass is 10.1. The van der Waals surface area contributed by atoms with Crippen LogP contribution < -0.4 is 11.3 Å². The van der Waals surface area contributed by atoms with Crippen molar-refractivity contribution in [3.8, 4) is 11.4 Å². The molecule has 0 aliphatic heterocycles. The Balaban J connectivity index is 2.28. The van der Waals surface area contributed by atoms with Crippen molar-refractivity contribution in [1.82, 2.24) is 15.0 Å². The molecule has 0 radical (unpaired) electrons. The summed E-state index contributed by atoms with van der Waals surface area (Å²) in [4.78, 5) is 13.4. The van der Waals surface area contributed by atoms with Crippen molar-refractivity contribution in [3.63, 3.8) is 0 Å². The summed E-state index contributed by atoms with van der Waals surface area (Å²) in [7, 11) is 0. The molecule has 0 fully saturated rings. The molecule has 5 heteroatoms. The van der Waals surface area contributed by atoms with Gasteiger partial charge in [-0.25, -0.2) is 15.8 Å². The number of anilines is 1. The summed E-state index contributed by atoms with van der Waals surface area (Å²) in [6.07, 6.45) is 1.77. The summed E-state index contributed by atoms with van der Waals surface area (Å²) in [5.74, 6) is 6.83. The van der Waals surface area contributed by atoms with Crippen LogP contribution in [-0.4, -0.2) is 15.0 Å². The van der Waals surface area contributed by atoms with Crippen LogP contribution in [0.4, 0.5) is 5.82 Å².